The summed E-state index contributed by atoms with van der Waals surface area (Å²) >= 11 is 0. The van der Waals surface area contributed by atoms with Gasteiger partial charge in [0.15, 0.2) is 5.89 Å². The fourth-order valence-corrected chi connectivity index (χ4v) is 1.03. The second kappa shape index (κ2) is 5.86. The highest BCUT2D eigenvalue weighted by Gasteiger charge is 2.27. The smallest absolute Gasteiger partial charge is 0.411 e. The molecule has 1 heterocycles. The average Bonchev–Trinajstić information content (AvgIpc) is 2.61. The number of ether oxygens (including phenoxy) is 1. The Balaban J connectivity index is 2.29. The summed E-state index contributed by atoms with van der Waals surface area (Å²) < 4.78 is 44.8. The summed E-state index contributed by atoms with van der Waals surface area (Å²) in [5.41, 5.74) is 0. The van der Waals surface area contributed by atoms with E-state index in [1.165, 1.54) is 6.20 Å². The van der Waals surface area contributed by atoms with E-state index in [9.17, 15) is 13.2 Å². The van der Waals surface area contributed by atoms with Crippen molar-refractivity contribution in [1.82, 2.24) is 10.3 Å². The summed E-state index contributed by atoms with van der Waals surface area (Å²) in [5.74, 6) is 0.787. The summed E-state index contributed by atoms with van der Waals surface area (Å²) in [4.78, 5) is 3.90. The van der Waals surface area contributed by atoms with Gasteiger partial charge in [0, 0.05) is 13.0 Å². The SMILES string of the molecule is CNCCc1ncc(COCC(F)(F)F)o1. The summed E-state index contributed by atoms with van der Waals surface area (Å²) in [6.07, 6.45) is -2.34. The molecule has 7 heteroatoms. The van der Waals surface area contributed by atoms with Gasteiger partial charge in [0.2, 0.25) is 0 Å². The fraction of sp³-hybridized carbons (Fsp3) is 0.667. The summed E-state index contributed by atoms with van der Waals surface area (Å²) in [7, 11) is 1.79. The van der Waals surface area contributed by atoms with Gasteiger partial charge in [0.1, 0.15) is 19.0 Å². The van der Waals surface area contributed by atoms with Crippen LogP contribution >= 0.6 is 0 Å². The predicted molar refractivity (Wildman–Crippen MR) is 49.8 cm³/mol. The van der Waals surface area contributed by atoms with Crippen molar-refractivity contribution in [3.8, 4) is 0 Å². The van der Waals surface area contributed by atoms with Crippen LogP contribution in [0.25, 0.3) is 0 Å². The van der Waals surface area contributed by atoms with Crippen molar-refractivity contribution in [2.24, 2.45) is 0 Å². The van der Waals surface area contributed by atoms with Crippen LogP contribution < -0.4 is 5.32 Å². The van der Waals surface area contributed by atoms with E-state index in [4.69, 9.17) is 4.42 Å². The molecule has 4 nitrogen and oxygen atoms in total. The zero-order valence-electron chi connectivity index (χ0n) is 8.80. The van der Waals surface area contributed by atoms with Gasteiger partial charge in [-0.25, -0.2) is 4.98 Å². The van der Waals surface area contributed by atoms with Crippen LogP contribution in [0.3, 0.4) is 0 Å². The minimum atomic E-state index is -4.31. The molecule has 0 saturated heterocycles. The Kier molecular flexibility index (Phi) is 4.75. The first-order valence-electron chi connectivity index (χ1n) is 4.74. The van der Waals surface area contributed by atoms with E-state index in [0.717, 1.165) is 0 Å². The average molecular weight is 238 g/mol. The number of oxazole rings is 1. The number of nitrogens with zero attached hydrogens (tertiary/aromatic N) is 1. The maximum absolute atomic E-state index is 11.8. The first-order chi connectivity index (χ1) is 7.51. The van der Waals surface area contributed by atoms with Crippen LogP contribution in [-0.2, 0) is 17.8 Å². The predicted octanol–water partition coefficient (Wildman–Crippen LogP) is 1.52. The van der Waals surface area contributed by atoms with Gasteiger partial charge in [0.05, 0.1) is 6.20 Å². The van der Waals surface area contributed by atoms with E-state index in [0.29, 0.717) is 24.6 Å². The number of rotatable bonds is 6. The molecule has 0 aliphatic rings. The Labute approximate surface area is 90.8 Å². The number of hydrogen-bond donors (Lipinski definition) is 1. The molecule has 0 fully saturated rings. The van der Waals surface area contributed by atoms with Gasteiger partial charge in [-0.1, -0.05) is 0 Å². The van der Waals surface area contributed by atoms with Crippen LogP contribution in [0.15, 0.2) is 10.6 Å². The van der Waals surface area contributed by atoms with Crippen LogP contribution in [0.5, 0.6) is 0 Å². The van der Waals surface area contributed by atoms with Gasteiger partial charge in [-0.3, -0.25) is 0 Å². The van der Waals surface area contributed by atoms with Crippen molar-refractivity contribution in [1.29, 1.82) is 0 Å². The van der Waals surface area contributed by atoms with Crippen LogP contribution in [0.2, 0.25) is 0 Å². The fourth-order valence-electron chi connectivity index (χ4n) is 1.03. The molecule has 0 spiro atoms. The molecule has 1 aromatic heterocycles. The zero-order valence-corrected chi connectivity index (χ0v) is 8.80. The third-order valence-electron chi connectivity index (χ3n) is 1.70. The topological polar surface area (TPSA) is 47.3 Å². The largest absolute Gasteiger partial charge is 0.443 e. The number of hydrogen-bond acceptors (Lipinski definition) is 4. The van der Waals surface area contributed by atoms with Gasteiger partial charge in [0.25, 0.3) is 0 Å². The minimum absolute atomic E-state index is 0.216. The minimum Gasteiger partial charge on any atom is -0.443 e. The number of likely N-dealkylation sites (N-methyl/N-ethyl adjacent to an activating group) is 1. The van der Waals surface area contributed by atoms with E-state index < -0.39 is 12.8 Å². The zero-order chi connectivity index (χ0) is 12.0. The van der Waals surface area contributed by atoms with Crippen molar-refractivity contribution in [3.63, 3.8) is 0 Å². The number of halogens is 3. The molecule has 0 unspecified atom stereocenters. The molecule has 92 valence electrons. The van der Waals surface area contributed by atoms with Crippen molar-refractivity contribution >= 4 is 0 Å². The van der Waals surface area contributed by atoms with Crippen LogP contribution in [0.4, 0.5) is 13.2 Å². The highest BCUT2D eigenvalue weighted by atomic mass is 19.4. The number of aromatic nitrogens is 1. The third kappa shape index (κ3) is 5.13. The molecule has 0 saturated carbocycles. The molecule has 1 aromatic rings. The molecular formula is C9H13F3N2O2. The highest BCUT2D eigenvalue weighted by molar-refractivity contribution is 4.92. The molecule has 0 bridgehead atoms. The first-order valence-corrected chi connectivity index (χ1v) is 4.74. The lowest BCUT2D eigenvalue weighted by molar-refractivity contribution is -0.177. The highest BCUT2D eigenvalue weighted by Crippen LogP contribution is 2.15. The Morgan fingerprint density at radius 2 is 2.25 bits per heavy atom. The lowest BCUT2D eigenvalue weighted by Gasteiger charge is -2.05. The normalized spacial score (nSPS) is 12.0. The summed E-state index contributed by atoms with van der Waals surface area (Å²) in [5, 5.41) is 2.91. The van der Waals surface area contributed by atoms with Crippen molar-refractivity contribution in [2.75, 3.05) is 20.2 Å². The monoisotopic (exact) mass is 238 g/mol. The third-order valence-corrected chi connectivity index (χ3v) is 1.70. The molecule has 0 aliphatic heterocycles. The molecule has 0 atom stereocenters. The Morgan fingerprint density at radius 3 is 2.88 bits per heavy atom. The van der Waals surface area contributed by atoms with Gasteiger partial charge in [-0.15, -0.1) is 0 Å². The standard InChI is InChI=1S/C9H13F3N2O2/c1-13-3-2-8-14-4-7(16-8)5-15-6-9(10,11)12/h4,13H,2-3,5-6H2,1H3. The molecule has 1 N–H and O–H groups in total. The van der Waals surface area contributed by atoms with E-state index >= 15 is 0 Å². The second-order valence-electron chi connectivity index (χ2n) is 3.18. The van der Waals surface area contributed by atoms with E-state index in [-0.39, 0.29) is 6.61 Å². The van der Waals surface area contributed by atoms with Gasteiger partial charge >= 0.3 is 6.18 Å². The van der Waals surface area contributed by atoms with Crippen LogP contribution in [-0.4, -0.2) is 31.4 Å². The maximum Gasteiger partial charge on any atom is 0.411 e. The molecule has 0 radical (unpaired) electrons. The van der Waals surface area contributed by atoms with Crippen LogP contribution in [0.1, 0.15) is 11.7 Å². The Bertz CT molecular complexity index is 312. The van der Waals surface area contributed by atoms with Crippen molar-refractivity contribution in [3.05, 3.63) is 17.8 Å². The molecule has 0 aliphatic carbocycles. The lowest BCUT2D eigenvalue weighted by Crippen LogP contribution is -2.16. The lowest BCUT2D eigenvalue weighted by atomic mass is 10.4. The Morgan fingerprint density at radius 1 is 1.50 bits per heavy atom. The number of alkyl halides is 3. The van der Waals surface area contributed by atoms with Crippen molar-refractivity contribution < 1.29 is 22.3 Å². The summed E-state index contributed by atoms with van der Waals surface area (Å²) in [6, 6.07) is 0. The maximum atomic E-state index is 11.8. The quantitative estimate of drug-likeness (QED) is 0.816. The van der Waals surface area contributed by atoms with Gasteiger partial charge in [-0.05, 0) is 7.05 Å². The molecule has 0 amide bonds. The van der Waals surface area contributed by atoms with Crippen molar-refractivity contribution in [2.45, 2.75) is 19.2 Å². The molecule has 0 aromatic carbocycles. The van der Waals surface area contributed by atoms with Gasteiger partial charge in [-0.2, -0.15) is 13.2 Å². The summed E-state index contributed by atoms with van der Waals surface area (Å²) in [6.45, 7) is -0.797. The molecule has 16 heavy (non-hydrogen) atoms. The number of nitrogens with one attached hydrogen (secondary N) is 1. The van der Waals surface area contributed by atoms with Crippen LogP contribution in [0, 0.1) is 0 Å². The first kappa shape index (κ1) is 13.0. The molecular weight excluding hydrogens is 225 g/mol. The van der Waals surface area contributed by atoms with E-state index in [2.05, 4.69) is 15.0 Å². The van der Waals surface area contributed by atoms with E-state index in [1.54, 1.807) is 7.05 Å². The second-order valence-corrected chi connectivity index (χ2v) is 3.18. The van der Waals surface area contributed by atoms with Gasteiger partial charge < -0.3 is 14.5 Å². The van der Waals surface area contributed by atoms with E-state index in [1.807, 2.05) is 0 Å². The molecule has 1 rings (SSSR count). The Hall–Kier alpha value is -1.08.